The van der Waals surface area contributed by atoms with Crippen LogP contribution in [0, 0.1) is 12.8 Å². The van der Waals surface area contributed by atoms with E-state index in [1.165, 1.54) is 55.3 Å². The molecule has 8 nitrogen and oxygen atoms in total. The zero-order valence-electron chi connectivity index (χ0n) is 23.4. The molecular weight excluding hydrogens is 474 g/mol. The third-order valence-electron chi connectivity index (χ3n) is 8.77. The minimum absolute atomic E-state index is 0.588. The van der Waals surface area contributed by atoms with Crippen LogP contribution in [-0.2, 0) is 7.05 Å². The topological polar surface area (TPSA) is 72.5 Å². The van der Waals surface area contributed by atoms with Gasteiger partial charge < -0.3 is 14.6 Å². The van der Waals surface area contributed by atoms with Crippen LogP contribution in [0.2, 0.25) is 0 Å². The number of rotatable bonds is 6. The molecule has 2 saturated heterocycles. The standard InChI is InChI=1S/C30H41N7O/c1-19(2)12-25-14-21(8-11-36(25)24-6-9-31-10-7-24)22-13-20(3)28-26(15-22)35(4)29(34-28)23-16-27(38-5)30-32-18-33-37(30)17-23/h13,15-19,21,24-25,31H,6-12,14H2,1-5H3/t21?,25-/m1/s1. The second-order valence-corrected chi connectivity index (χ2v) is 11.7. The van der Waals surface area contributed by atoms with Crippen LogP contribution in [0.25, 0.3) is 28.1 Å². The van der Waals surface area contributed by atoms with Gasteiger partial charge in [0.25, 0.3) is 0 Å². The van der Waals surface area contributed by atoms with E-state index in [9.17, 15) is 0 Å². The number of hydrogen-bond donors (Lipinski definition) is 1. The maximum Gasteiger partial charge on any atom is 0.197 e. The first-order chi connectivity index (χ1) is 18.4. The molecule has 0 saturated carbocycles. The molecule has 0 amide bonds. The van der Waals surface area contributed by atoms with Crippen molar-refractivity contribution in [2.75, 3.05) is 26.7 Å². The van der Waals surface area contributed by atoms with E-state index in [-0.39, 0.29) is 0 Å². The summed E-state index contributed by atoms with van der Waals surface area (Å²) in [5.41, 5.74) is 6.64. The van der Waals surface area contributed by atoms with Gasteiger partial charge in [-0.25, -0.2) is 14.5 Å². The molecule has 2 aliphatic rings. The molecule has 38 heavy (non-hydrogen) atoms. The zero-order valence-corrected chi connectivity index (χ0v) is 23.4. The highest BCUT2D eigenvalue weighted by molar-refractivity contribution is 5.84. The number of aryl methyl sites for hydroxylation is 2. The zero-order chi connectivity index (χ0) is 26.4. The smallest absolute Gasteiger partial charge is 0.197 e. The average Bonchev–Trinajstić information content (AvgIpc) is 3.53. The molecule has 202 valence electrons. The van der Waals surface area contributed by atoms with Crippen molar-refractivity contribution in [3.8, 4) is 17.1 Å². The number of fused-ring (bicyclic) bond motifs is 2. The van der Waals surface area contributed by atoms with Crippen LogP contribution in [0.4, 0.5) is 0 Å². The van der Waals surface area contributed by atoms with Crippen molar-refractivity contribution < 1.29 is 4.74 Å². The Bertz CT molecular complexity index is 1430. The van der Waals surface area contributed by atoms with Gasteiger partial charge in [-0.3, -0.25) is 4.90 Å². The van der Waals surface area contributed by atoms with Crippen molar-refractivity contribution in [1.82, 2.24) is 34.4 Å². The highest BCUT2D eigenvalue weighted by Gasteiger charge is 2.34. The number of benzene rings is 1. The highest BCUT2D eigenvalue weighted by Crippen LogP contribution is 2.39. The molecule has 0 aliphatic carbocycles. The summed E-state index contributed by atoms with van der Waals surface area (Å²) in [5.74, 6) is 2.91. The number of likely N-dealkylation sites (tertiary alicyclic amines) is 1. The molecule has 6 rings (SSSR count). The summed E-state index contributed by atoms with van der Waals surface area (Å²) in [7, 11) is 3.79. The molecule has 1 N–H and O–H groups in total. The number of nitrogens with one attached hydrogen (secondary N) is 1. The van der Waals surface area contributed by atoms with E-state index >= 15 is 0 Å². The van der Waals surface area contributed by atoms with Crippen LogP contribution < -0.4 is 10.1 Å². The maximum absolute atomic E-state index is 5.61. The van der Waals surface area contributed by atoms with Crippen molar-refractivity contribution >= 4 is 16.7 Å². The fourth-order valence-corrected chi connectivity index (χ4v) is 6.91. The molecule has 8 heteroatoms. The maximum atomic E-state index is 5.61. The molecule has 5 heterocycles. The number of piperidine rings is 2. The van der Waals surface area contributed by atoms with Crippen LogP contribution >= 0.6 is 0 Å². The lowest BCUT2D eigenvalue weighted by Crippen LogP contribution is -2.51. The number of nitrogens with zero attached hydrogens (tertiary/aromatic N) is 6. The summed E-state index contributed by atoms with van der Waals surface area (Å²) in [6.07, 6.45) is 9.86. The molecular formula is C30H41N7O. The van der Waals surface area contributed by atoms with Gasteiger partial charge in [0, 0.05) is 30.9 Å². The summed E-state index contributed by atoms with van der Waals surface area (Å²) in [5, 5.41) is 7.89. The summed E-state index contributed by atoms with van der Waals surface area (Å²) in [4.78, 5) is 12.3. The van der Waals surface area contributed by atoms with E-state index in [1.54, 1.807) is 18.0 Å². The highest BCUT2D eigenvalue weighted by atomic mass is 16.5. The lowest BCUT2D eigenvalue weighted by Gasteiger charge is -2.46. The lowest BCUT2D eigenvalue weighted by atomic mass is 9.80. The quantitative estimate of drug-likeness (QED) is 0.392. The summed E-state index contributed by atoms with van der Waals surface area (Å²) < 4.78 is 9.59. The minimum Gasteiger partial charge on any atom is -0.493 e. The van der Waals surface area contributed by atoms with Crippen LogP contribution in [0.15, 0.2) is 30.7 Å². The van der Waals surface area contributed by atoms with Gasteiger partial charge >= 0.3 is 0 Å². The molecule has 2 atom stereocenters. The first-order valence-electron chi connectivity index (χ1n) is 14.2. The van der Waals surface area contributed by atoms with Gasteiger partial charge in [0.2, 0.25) is 0 Å². The average molecular weight is 516 g/mol. The predicted octanol–water partition coefficient (Wildman–Crippen LogP) is 4.95. The second kappa shape index (κ2) is 10.3. The molecule has 0 bridgehead atoms. The number of hydrogen-bond acceptors (Lipinski definition) is 6. The van der Waals surface area contributed by atoms with E-state index in [1.807, 2.05) is 12.3 Å². The molecule has 1 unspecified atom stereocenters. The first kappa shape index (κ1) is 25.3. The predicted molar refractivity (Wildman–Crippen MR) is 152 cm³/mol. The Morgan fingerprint density at radius 3 is 2.71 bits per heavy atom. The Balaban J connectivity index is 1.33. The number of ether oxygens (including phenoxy) is 1. The molecule has 0 spiro atoms. The van der Waals surface area contributed by atoms with E-state index in [0.717, 1.165) is 36.0 Å². The Kier molecular flexibility index (Phi) is 6.86. The van der Waals surface area contributed by atoms with Crippen molar-refractivity contribution in [2.24, 2.45) is 13.0 Å². The molecule has 0 radical (unpaired) electrons. The fraction of sp³-hybridized carbons (Fsp3) is 0.567. The number of aromatic nitrogens is 5. The van der Waals surface area contributed by atoms with E-state index in [4.69, 9.17) is 9.72 Å². The Hall–Kier alpha value is -2.97. The third-order valence-corrected chi connectivity index (χ3v) is 8.77. The second-order valence-electron chi connectivity index (χ2n) is 11.7. The largest absolute Gasteiger partial charge is 0.493 e. The Morgan fingerprint density at radius 2 is 1.95 bits per heavy atom. The molecule has 1 aromatic carbocycles. The minimum atomic E-state index is 0.588. The van der Waals surface area contributed by atoms with Gasteiger partial charge in [-0.15, -0.1) is 0 Å². The van der Waals surface area contributed by atoms with Crippen LogP contribution in [-0.4, -0.2) is 67.9 Å². The van der Waals surface area contributed by atoms with Crippen LogP contribution in [0.3, 0.4) is 0 Å². The van der Waals surface area contributed by atoms with Crippen LogP contribution in [0.5, 0.6) is 5.75 Å². The summed E-state index contributed by atoms with van der Waals surface area (Å²) in [6.45, 7) is 10.5. The van der Waals surface area contributed by atoms with Gasteiger partial charge in [0.1, 0.15) is 12.2 Å². The van der Waals surface area contributed by atoms with Gasteiger partial charge in [0.15, 0.2) is 11.4 Å². The number of pyridine rings is 1. The molecule has 4 aromatic rings. The Labute approximate surface area is 225 Å². The number of imidazole rings is 1. The van der Waals surface area contributed by atoms with Crippen molar-refractivity contribution in [3.05, 3.63) is 41.9 Å². The third kappa shape index (κ3) is 4.58. The SMILES string of the molecule is COc1cc(-c2nc3c(C)cc(C4CCN(C5CCNCC5)[C@H](CC(C)C)C4)cc3n2C)cn2ncnc12. The van der Waals surface area contributed by atoms with Gasteiger partial charge in [-0.2, -0.15) is 5.10 Å². The van der Waals surface area contributed by atoms with Crippen molar-refractivity contribution in [1.29, 1.82) is 0 Å². The molecule has 2 aliphatic heterocycles. The monoisotopic (exact) mass is 515 g/mol. The van der Waals surface area contributed by atoms with E-state index in [2.05, 4.69) is 64.8 Å². The Morgan fingerprint density at radius 1 is 1.13 bits per heavy atom. The summed E-state index contributed by atoms with van der Waals surface area (Å²) >= 11 is 0. The van der Waals surface area contributed by atoms with Crippen molar-refractivity contribution in [2.45, 2.75) is 70.9 Å². The summed E-state index contributed by atoms with van der Waals surface area (Å²) in [6, 6.07) is 8.22. The van der Waals surface area contributed by atoms with Gasteiger partial charge in [-0.05, 0) is 93.8 Å². The van der Waals surface area contributed by atoms with Gasteiger partial charge in [0.05, 0.1) is 18.1 Å². The van der Waals surface area contributed by atoms with Crippen LogP contribution in [0.1, 0.15) is 63.0 Å². The molecule has 3 aromatic heterocycles. The number of methoxy groups -OCH3 is 1. The molecule has 2 fully saturated rings. The normalized spacial score (nSPS) is 21.6. The van der Waals surface area contributed by atoms with E-state index < -0.39 is 0 Å². The van der Waals surface area contributed by atoms with Gasteiger partial charge in [-0.1, -0.05) is 19.9 Å². The lowest BCUT2D eigenvalue weighted by molar-refractivity contribution is 0.0562. The first-order valence-corrected chi connectivity index (χ1v) is 14.2. The fourth-order valence-electron chi connectivity index (χ4n) is 6.91. The van der Waals surface area contributed by atoms with E-state index in [0.29, 0.717) is 29.3 Å². The van der Waals surface area contributed by atoms with Crippen molar-refractivity contribution in [3.63, 3.8) is 0 Å².